The van der Waals surface area contributed by atoms with Crippen molar-refractivity contribution in [2.45, 2.75) is 12.8 Å². The van der Waals surface area contributed by atoms with Crippen LogP contribution in [0, 0.1) is 5.92 Å². The second-order valence-corrected chi connectivity index (χ2v) is 4.77. The van der Waals surface area contributed by atoms with Gasteiger partial charge in [-0.25, -0.2) is 0 Å². The van der Waals surface area contributed by atoms with E-state index in [0.717, 1.165) is 0 Å². The van der Waals surface area contributed by atoms with Crippen LogP contribution in [-0.4, -0.2) is 24.9 Å². The van der Waals surface area contributed by atoms with E-state index in [0.29, 0.717) is 42.9 Å². The van der Waals surface area contributed by atoms with Gasteiger partial charge in [0.15, 0.2) is 0 Å². The molecular weight excluding hydrogens is 244 g/mol. The number of benzene rings is 1. The molecular formula is C13H18N4O2. The molecule has 0 bridgehead atoms. The lowest BCUT2D eigenvalue weighted by atomic mass is 9.95. The Balaban J connectivity index is 2.24. The highest BCUT2D eigenvalue weighted by molar-refractivity contribution is 6.01. The molecule has 1 aromatic rings. The Morgan fingerprint density at radius 3 is 2.32 bits per heavy atom. The molecule has 102 valence electrons. The zero-order valence-electron chi connectivity index (χ0n) is 10.6. The van der Waals surface area contributed by atoms with Crippen molar-refractivity contribution in [1.82, 2.24) is 0 Å². The molecule has 1 heterocycles. The summed E-state index contributed by atoms with van der Waals surface area (Å²) < 4.78 is 0. The maximum Gasteiger partial charge on any atom is 0.250 e. The van der Waals surface area contributed by atoms with E-state index in [-0.39, 0.29) is 11.8 Å². The predicted octanol–water partition coefficient (Wildman–Crippen LogP) is 0.0694. The van der Waals surface area contributed by atoms with E-state index in [2.05, 4.69) is 0 Å². The highest BCUT2D eigenvalue weighted by Gasteiger charge is 2.26. The van der Waals surface area contributed by atoms with E-state index < -0.39 is 5.91 Å². The molecule has 0 unspecified atom stereocenters. The van der Waals surface area contributed by atoms with Crippen LogP contribution in [-0.2, 0) is 4.79 Å². The lowest BCUT2D eigenvalue weighted by Gasteiger charge is -2.34. The van der Waals surface area contributed by atoms with Crippen LogP contribution in [0.2, 0.25) is 0 Å². The molecule has 0 radical (unpaired) electrons. The predicted molar refractivity (Wildman–Crippen MR) is 73.5 cm³/mol. The molecule has 6 N–H and O–H groups in total. The number of rotatable bonds is 3. The van der Waals surface area contributed by atoms with Gasteiger partial charge in [-0.2, -0.15) is 0 Å². The molecule has 1 aliphatic heterocycles. The van der Waals surface area contributed by atoms with Crippen molar-refractivity contribution in [3.63, 3.8) is 0 Å². The van der Waals surface area contributed by atoms with Crippen molar-refractivity contribution in [1.29, 1.82) is 0 Å². The maximum absolute atomic E-state index is 11.5. The highest BCUT2D eigenvalue weighted by atomic mass is 16.1. The number of nitrogens with two attached hydrogens (primary N) is 3. The van der Waals surface area contributed by atoms with Crippen LogP contribution in [0.5, 0.6) is 0 Å². The zero-order valence-corrected chi connectivity index (χ0v) is 10.6. The number of amides is 2. The molecule has 2 rings (SSSR count). The van der Waals surface area contributed by atoms with Crippen molar-refractivity contribution in [3.8, 4) is 0 Å². The Morgan fingerprint density at radius 1 is 1.16 bits per heavy atom. The summed E-state index contributed by atoms with van der Waals surface area (Å²) in [5.41, 5.74) is 18.2. The number of primary amides is 2. The van der Waals surface area contributed by atoms with Gasteiger partial charge in [0.2, 0.25) is 5.91 Å². The number of carbonyl (C=O) groups excluding carboxylic acids is 2. The van der Waals surface area contributed by atoms with Crippen LogP contribution in [0.4, 0.5) is 11.4 Å². The second kappa shape index (κ2) is 5.17. The van der Waals surface area contributed by atoms with E-state index in [4.69, 9.17) is 17.2 Å². The second-order valence-electron chi connectivity index (χ2n) is 4.77. The van der Waals surface area contributed by atoms with E-state index in [1.54, 1.807) is 18.2 Å². The Kier molecular flexibility index (Phi) is 3.59. The largest absolute Gasteiger partial charge is 0.397 e. The Hall–Kier alpha value is -2.24. The van der Waals surface area contributed by atoms with Crippen LogP contribution in [0.15, 0.2) is 18.2 Å². The third-order valence-corrected chi connectivity index (χ3v) is 3.55. The molecule has 0 aromatic heterocycles. The molecule has 1 saturated heterocycles. The number of para-hydroxylation sites is 1. The molecule has 6 heteroatoms. The maximum atomic E-state index is 11.5. The third kappa shape index (κ3) is 2.62. The van der Waals surface area contributed by atoms with Gasteiger partial charge in [0.1, 0.15) is 0 Å². The topological polar surface area (TPSA) is 115 Å². The summed E-state index contributed by atoms with van der Waals surface area (Å²) in [6.45, 7) is 1.28. The highest BCUT2D eigenvalue weighted by Crippen LogP contribution is 2.31. The number of hydrogen-bond acceptors (Lipinski definition) is 4. The molecule has 1 aliphatic rings. The number of carbonyl (C=O) groups is 2. The minimum Gasteiger partial charge on any atom is -0.397 e. The summed E-state index contributed by atoms with van der Waals surface area (Å²) >= 11 is 0. The monoisotopic (exact) mass is 262 g/mol. The Labute approximate surface area is 111 Å². The van der Waals surface area contributed by atoms with E-state index in [9.17, 15) is 9.59 Å². The van der Waals surface area contributed by atoms with E-state index in [1.807, 2.05) is 4.90 Å². The van der Waals surface area contributed by atoms with Gasteiger partial charge in [-0.3, -0.25) is 9.59 Å². The molecule has 19 heavy (non-hydrogen) atoms. The first-order valence-electron chi connectivity index (χ1n) is 6.23. The van der Waals surface area contributed by atoms with Gasteiger partial charge in [-0.1, -0.05) is 6.07 Å². The van der Waals surface area contributed by atoms with Crippen LogP contribution >= 0.6 is 0 Å². The summed E-state index contributed by atoms with van der Waals surface area (Å²) in [4.78, 5) is 24.6. The van der Waals surface area contributed by atoms with Gasteiger partial charge in [-0.15, -0.1) is 0 Å². The number of nitrogen functional groups attached to an aromatic ring is 1. The van der Waals surface area contributed by atoms with Crippen molar-refractivity contribution >= 4 is 23.2 Å². The van der Waals surface area contributed by atoms with Crippen LogP contribution in [0.25, 0.3) is 0 Å². The molecule has 6 nitrogen and oxygen atoms in total. The van der Waals surface area contributed by atoms with Gasteiger partial charge in [0.05, 0.1) is 16.9 Å². The molecule has 1 fully saturated rings. The molecule has 0 spiro atoms. The van der Waals surface area contributed by atoms with Gasteiger partial charge in [-0.05, 0) is 25.0 Å². The fraction of sp³-hybridized carbons (Fsp3) is 0.385. The zero-order chi connectivity index (χ0) is 14.0. The average Bonchev–Trinajstić information content (AvgIpc) is 2.38. The lowest BCUT2D eigenvalue weighted by Crippen LogP contribution is -2.39. The van der Waals surface area contributed by atoms with Gasteiger partial charge in [0.25, 0.3) is 5.91 Å². The number of nitrogens with zero attached hydrogens (tertiary/aromatic N) is 1. The standard InChI is InChI=1S/C13H18N4O2/c14-10-3-1-2-9(13(16)19)11(10)17-6-4-8(5-7-17)12(15)18/h1-3,8H,4-7,14H2,(H2,15,18)(H2,16,19). The van der Waals surface area contributed by atoms with Crippen molar-refractivity contribution in [2.75, 3.05) is 23.7 Å². The Morgan fingerprint density at radius 2 is 1.79 bits per heavy atom. The average molecular weight is 262 g/mol. The van der Waals surface area contributed by atoms with E-state index >= 15 is 0 Å². The van der Waals surface area contributed by atoms with E-state index in [1.165, 1.54) is 0 Å². The first kappa shape index (κ1) is 13.2. The molecule has 1 aromatic carbocycles. The Bertz CT molecular complexity index is 507. The van der Waals surface area contributed by atoms with Crippen molar-refractivity contribution in [3.05, 3.63) is 23.8 Å². The summed E-state index contributed by atoms with van der Waals surface area (Å²) in [7, 11) is 0. The minimum absolute atomic E-state index is 0.0989. The van der Waals surface area contributed by atoms with Crippen molar-refractivity contribution in [2.24, 2.45) is 17.4 Å². The summed E-state index contributed by atoms with van der Waals surface area (Å²) in [5.74, 6) is -0.867. The van der Waals surface area contributed by atoms with Crippen LogP contribution in [0.3, 0.4) is 0 Å². The van der Waals surface area contributed by atoms with Gasteiger partial charge in [0, 0.05) is 19.0 Å². The third-order valence-electron chi connectivity index (χ3n) is 3.55. The van der Waals surface area contributed by atoms with Crippen LogP contribution in [0.1, 0.15) is 23.2 Å². The smallest absolute Gasteiger partial charge is 0.250 e. The fourth-order valence-corrected chi connectivity index (χ4v) is 2.50. The first-order chi connectivity index (χ1) is 9.00. The van der Waals surface area contributed by atoms with Gasteiger partial charge < -0.3 is 22.1 Å². The summed E-state index contributed by atoms with van der Waals surface area (Å²) in [6, 6.07) is 5.10. The lowest BCUT2D eigenvalue weighted by molar-refractivity contribution is -0.122. The summed E-state index contributed by atoms with van der Waals surface area (Å²) in [6.07, 6.45) is 1.34. The number of piperidine rings is 1. The first-order valence-corrected chi connectivity index (χ1v) is 6.23. The quantitative estimate of drug-likeness (QED) is 0.668. The molecule has 0 aliphatic carbocycles. The van der Waals surface area contributed by atoms with Crippen molar-refractivity contribution < 1.29 is 9.59 Å². The molecule has 0 saturated carbocycles. The minimum atomic E-state index is -0.501. The fourth-order valence-electron chi connectivity index (χ4n) is 2.50. The van der Waals surface area contributed by atoms with Gasteiger partial charge >= 0.3 is 0 Å². The number of hydrogen-bond donors (Lipinski definition) is 3. The SMILES string of the molecule is NC(=O)c1cccc(N)c1N1CCC(C(N)=O)CC1. The van der Waals surface area contributed by atoms with Crippen LogP contribution < -0.4 is 22.1 Å². The normalized spacial score (nSPS) is 16.3. The number of anilines is 2. The molecule has 2 amide bonds. The summed E-state index contributed by atoms with van der Waals surface area (Å²) in [5, 5.41) is 0. The molecule has 0 atom stereocenters.